The summed E-state index contributed by atoms with van der Waals surface area (Å²) in [5.74, 6) is 8.46. The van der Waals surface area contributed by atoms with Crippen LogP contribution < -0.4 is 0 Å². The minimum absolute atomic E-state index is 0.960. The van der Waals surface area contributed by atoms with Gasteiger partial charge in [-0.3, -0.25) is 0 Å². The third kappa shape index (κ3) is 4.05. The topological polar surface area (TPSA) is 0 Å². The van der Waals surface area contributed by atoms with Gasteiger partial charge in [-0.1, -0.05) is 0 Å². The number of thioether (sulfide) groups is 3. The molecular weight excluding hydrogens is 510 g/mol. The van der Waals surface area contributed by atoms with Gasteiger partial charge in [0.25, 0.3) is 0 Å². The quantitative estimate of drug-likeness (QED) is 0.390. The van der Waals surface area contributed by atoms with E-state index in [-0.39, 0.29) is 0 Å². The predicted molar refractivity (Wildman–Crippen MR) is 119 cm³/mol. The van der Waals surface area contributed by atoms with E-state index < -0.39 is 10.4 Å². The zero-order chi connectivity index (χ0) is 14.1. The SMILES string of the molecule is C[S][Sb]([S]C)([S]C1CSC1)([S]C1CSC1)[S]C1CSC1. The van der Waals surface area contributed by atoms with Crippen molar-refractivity contribution in [2.24, 2.45) is 0 Å². The Morgan fingerprint density at radius 2 is 0.950 bits per heavy atom. The maximum atomic E-state index is 2.50. The van der Waals surface area contributed by atoms with Gasteiger partial charge in [0, 0.05) is 0 Å². The first-order valence-corrected chi connectivity index (χ1v) is 30.6. The normalized spacial score (nSPS) is 27.2. The molecule has 0 unspecified atom stereocenters. The molecule has 3 rings (SSSR count). The summed E-state index contributed by atoms with van der Waals surface area (Å²) in [5, 5.41) is 2.88. The fourth-order valence-corrected chi connectivity index (χ4v) is 83.4. The number of hydrogen-bond donors (Lipinski definition) is 0. The summed E-state index contributed by atoms with van der Waals surface area (Å²) >= 11 is 6.45. The Kier molecular flexibility index (Phi) is 7.26. The maximum absolute atomic E-state index is 2.77. The minimum atomic E-state index is -2.77. The molecule has 0 aromatic carbocycles. The Labute approximate surface area is 150 Å². The second-order valence-electron chi connectivity index (χ2n) is 4.91. The molecule has 0 amide bonds. The van der Waals surface area contributed by atoms with Gasteiger partial charge in [0.15, 0.2) is 0 Å². The molecule has 0 aromatic heterocycles. The van der Waals surface area contributed by atoms with Crippen molar-refractivity contribution in [1.82, 2.24) is 0 Å². The Hall–Kier alpha value is 3.62. The number of hydrogen-bond acceptors (Lipinski definition) is 8. The molecule has 3 aliphatic rings. The van der Waals surface area contributed by atoms with E-state index >= 15 is 0 Å². The van der Waals surface area contributed by atoms with Gasteiger partial charge in [0.1, 0.15) is 0 Å². The molecule has 0 atom stereocenters. The molecule has 9 heteroatoms. The summed E-state index contributed by atoms with van der Waals surface area (Å²) in [6, 6.07) is 0. The van der Waals surface area contributed by atoms with E-state index in [0.717, 1.165) is 15.7 Å². The molecule has 3 saturated heterocycles. The van der Waals surface area contributed by atoms with Crippen LogP contribution in [0.5, 0.6) is 0 Å². The standard InChI is InChI=1S/3C3H6S2.2CH4S.Sb/c3*4-3-1-5-2-3;2*1-2;/h3*3-4H,1-2H2;2*2H,1H3;/q;;;;;+5/p-5. The van der Waals surface area contributed by atoms with Crippen molar-refractivity contribution in [3.05, 3.63) is 0 Å². The molecule has 0 aromatic rings. The van der Waals surface area contributed by atoms with Crippen LogP contribution in [-0.4, -0.2) is 73.2 Å². The fraction of sp³-hybridized carbons (Fsp3) is 1.00. The van der Waals surface area contributed by atoms with Crippen LogP contribution >= 0.6 is 79.5 Å². The van der Waals surface area contributed by atoms with Crippen LogP contribution in [-0.2, 0) is 0 Å². The van der Waals surface area contributed by atoms with Crippen molar-refractivity contribution in [2.45, 2.75) is 15.7 Å². The van der Waals surface area contributed by atoms with E-state index in [1.807, 2.05) is 0 Å². The van der Waals surface area contributed by atoms with E-state index in [4.69, 9.17) is 0 Å². The molecule has 3 aliphatic heterocycles. The van der Waals surface area contributed by atoms with E-state index in [1.54, 1.807) is 0 Å². The van der Waals surface area contributed by atoms with E-state index in [0.29, 0.717) is 0 Å². The van der Waals surface area contributed by atoms with Crippen LogP contribution in [0.1, 0.15) is 0 Å². The van der Waals surface area contributed by atoms with Crippen molar-refractivity contribution in [3.8, 4) is 0 Å². The Balaban J connectivity index is 1.78. The van der Waals surface area contributed by atoms with Gasteiger partial charge in [-0.25, -0.2) is 0 Å². The summed E-state index contributed by atoms with van der Waals surface area (Å²) in [6.45, 7) is 0. The zero-order valence-electron chi connectivity index (χ0n) is 11.7. The first-order chi connectivity index (χ1) is 9.67. The Bertz CT molecular complexity index is 290. The van der Waals surface area contributed by atoms with Gasteiger partial charge in [-0.05, 0) is 0 Å². The molecular formula is C11H21S8Sb. The average Bonchev–Trinajstić information content (AvgIpc) is 2.33. The second kappa shape index (κ2) is 7.88. The summed E-state index contributed by atoms with van der Waals surface area (Å²) in [4.78, 5) is 0. The molecule has 0 aliphatic carbocycles. The summed E-state index contributed by atoms with van der Waals surface area (Å²) in [5.41, 5.74) is 0. The Morgan fingerprint density at radius 3 is 1.10 bits per heavy atom. The van der Waals surface area contributed by atoms with Crippen LogP contribution in [0.15, 0.2) is 0 Å². The molecule has 3 heterocycles. The van der Waals surface area contributed by atoms with Gasteiger partial charge in [0.2, 0.25) is 0 Å². The van der Waals surface area contributed by atoms with Gasteiger partial charge < -0.3 is 0 Å². The monoisotopic (exact) mass is 530 g/mol. The fourth-order valence-electron chi connectivity index (χ4n) is 1.96. The van der Waals surface area contributed by atoms with E-state index in [1.165, 1.54) is 34.5 Å². The molecule has 0 nitrogen and oxygen atoms in total. The summed E-state index contributed by atoms with van der Waals surface area (Å²) in [7, 11) is 9.36. The summed E-state index contributed by atoms with van der Waals surface area (Å²) < 4.78 is 0. The molecule has 0 radical (unpaired) electrons. The van der Waals surface area contributed by atoms with Gasteiger partial charge >= 0.3 is 153 Å². The molecule has 0 saturated carbocycles. The van der Waals surface area contributed by atoms with Gasteiger partial charge in [-0.2, -0.15) is 0 Å². The van der Waals surface area contributed by atoms with Crippen LogP contribution in [0.4, 0.5) is 0 Å². The van der Waals surface area contributed by atoms with Crippen LogP contribution in [0, 0.1) is 0 Å². The van der Waals surface area contributed by atoms with E-state index in [2.05, 4.69) is 92.0 Å². The predicted octanol–water partition coefficient (Wildman–Crippen LogP) is 5.14. The molecule has 3 fully saturated rings. The molecule has 0 N–H and O–H groups in total. The van der Waals surface area contributed by atoms with Crippen molar-refractivity contribution in [1.29, 1.82) is 0 Å². The van der Waals surface area contributed by atoms with Crippen molar-refractivity contribution < 1.29 is 0 Å². The van der Waals surface area contributed by atoms with Crippen molar-refractivity contribution in [2.75, 3.05) is 47.0 Å². The van der Waals surface area contributed by atoms with Crippen molar-refractivity contribution in [3.63, 3.8) is 0 Å². The van der Waals surface area contributed by atoms with E-state index in [9.17, 15) is 0 Å². The van der Waals surface area contributed by atoms with Gasteiger partial charge in [0.05, 0.1) is 0 Å². The van der Waals surface area contributed by atoms with Gasteiger partial charge in [-0.15, -0.1) is 0 Å². The molecule has 118 valence electrons. The first-order valence-electron chi connectivity index (χ1n) is 6.62. The number of rotatable bonds is 8. The van der Waals surface area contributed by atoms with Crippen molar-refractivity contribution >= 4 is 89.9 Å². The summed E-state index contributed by atoms with van der Waals surface area (Å²) in [6.07, 6.45) is 4.88. The third-order valence-corrected chi connectivity index (χ3v) is 84.1. The molecule has 20 heavy (non-hydrogen) atoms. The average molecular weight is 532 g/mol. The van der Waals surface area contributed by atoms with Crippen LogP contribution in [0.2, 0.25) is 0 Å². The Morgan fingerprint density at radius 1 is 0.650 bits per heavy atom. The molecule has 0 spiro atoms. The molecule has 0 bridgehead atoms. The second-order valence-corrected chi connectivity index (χ2v) is 67.4. The van der Waals surface area contributed by atoms with Crippen LogP contribution in [0.25, 0.3) is 0 Å². The first kappa shape index (κ1) is 18.4. The van der Waals surface area contributed by atoms with Crippen LogP contribution in [0.3, 0.4) is 0 Å². The zero-order valence-corrected chi connectivity index (χ0v) is 20.8. The third-order valence-electron chi connectivity index (χ3n) is 3.38.